The van der Waals surface area contributed by atoms with Crippen LogP contribution in [0.3, 0.4) is 0 Å². The largest absolute Gasteiger partial charge is 0.481 e. The van der Waals surface area contributed by atoms with Crippen LogP contribution in [0.2, 0.25) is 0 Å². The highest BCUT2D eigenvalue weighted by Crippen LogP contribution is 2.59. The number of carbonyl (C=O) groups excluding carboxylic acids is 1. The molecule has 0 aliphatic heterocycles. The molecule has 0 bridgehead atoms. The fourth-order valence-corrected chi connectivity index (χ4v) is 2.68. The number of hydrogen-bond acceptors (Lipinski definition) is 3. The fraction of sp³-hybridized carbons (Fsp3) is 0.400. The molecule has 2 atom stereocenters. The molecule has 1 fully saturated rings. The van der Waals surface area contributed by atoms with Crippen molar-refractivity contribution in [2.45, 2.75) is 13.8 Å². The highest BCUT2D eigenvalue weighted by Gasteiger charge is 2.66. The minimum absolute atomic E-state index is 0.225. The number of nitrogens with zero attached hydrogens (tertiary/aromatic N) is 2. The molecular weight excluding hydrogens is 256 g/mol. The summed E-state index contributed by atoms with van der Waals surface area (Å²) in [5, 5.41) is 18.0. The number of carboxylic acids is 1. The second-order valence-corrected chi connectivity index (χ2v) is 5.67. The number of amides is 1. The molecule has 5 heteroatoms. The molecule has 0 saturated heterocycles. The third-order valence-electron chi connectivity index (χ3n) is 4.05. The normalized spacial score (nSPS) is 22.7. The molecule has 0 spiro atoms. The van der Waals surface area contributed by atoms with Crippen LogP contribution in [0.5, 0.6) is 0 Å². The molecule has 0 radical (unpaired) electrons. The minimum Gasteiger partial charge on any atom is -0.481 e. The van der Waals surface area contributed by atoms with Crippen LogP contribution in [0, 0.1) is 28.6 Å². The summed E-state index contributed by atoms with van der Waals surface area (Å²) < 4.78 is 0. The van der Waals surface area contributed by atoms with Crippen molar-refractivity contribution in [2.24, 2.45) is 17.3 Å². The number of carboxylic acid groups (broad SMARTS) is 1. The summed E-state index contributed by atoms with van der Waals surface area (Å²) in [6, 6.07) is 8.71. The Morgan fingerprint density at radius 2 is 2.00 bits per heavy atom. The van der Waals surface area contributed by atoms with Gasteiger partial charge in [-0.1, -0.05) is 19.9 Å². The van der Waals surface area contributed by atoms with Crippen molar-refractivity contribution in [2.75, 3.05) is 11.9 Å². The third kappa shape index (κ3) is 2.14. The van der Waals surface area contributed by atoms with Gasteiger partial charge < -0.3 is 10.0 Å². The lowest BCUT2D eigenvalue weighted by atomic mass is 10.1. The van der Waals surface area contributed by atoms with Crippen LogP contribution in [0.1, 0.15) is 19.4 Å². The minimum atomic E-state index is -0.937. The van der Waals surface area contributed by atoms with Gasteiger partial charge in [-0.25, -0.2) is 0 Å². The summed E-state index contributed by atoms with van der Waals surface area (Å²) in [5.74, 6) is -2.32. The molecule has 1 aromatic rings. The van der Waals surface area contributed by atoms with Crippen molar-refractivity contribution in [1.29, 1.82) is 5.26 Å². The van der Waals surface area contributed by atoms with Gasteiger partial charge in [0.05, 0.1) is 23.5 Å². The summed E-state index contributed by atoms with van der Waals surface area (Å²) >= 11 is 0. The highest BCUT2D eigenvalue weighted by molar-refractivity contribution is 6.01. The highest BCUT2D eigenvalue weighted by atomic mass is 16.4. The molecule has 1 amide bonds. The van der Waals surface area contributed by atoms with Gasteiger partial charge in [-0.15, -0.1) is 0 Å². The topological polar surface area (TPSA) is 81.4 Å². The van der Waals surface area contributed by atoms with E-state index in [4.69, 9.17) is 10.4 Å². The predicted octanol–water partition coefficient (Wildman–Crippen LogP) is 1.88. The second-order valence-electron chi connectivity index (χ2n) is 5.67. The van der Waals surface area contributed by atoms with Crippen LogP contribution in [-0.4, -0.2) is 24.0 Å². The SMILES string of the molecule is CN(C(=O)[C@H]1[C@@H](C(=O)O)C1(C)C)c1cccc(C#N)c1. The number of benzene rings is 1. The molecule has 20 heavy (non-hydrogen) atoms. The summed E-state index contributed by atoms with van der Waals surface area (Å²) in [5.41, 5.74) is 0.539. The van der Waals surface area contributed by atoms with E-state index < -0.39 is 23.2 Å². The first-order valence-corrected chi connectivity index (χ1v) is 6.31. The summed E-state index contributed by atoms with van der Waals surface area (Å²) in [7, 11) is 1.60. The van der Waals surface area contributed by atoms with Gasteiger partial charge in [-0.05, 0) is 23.6 Å². The number of rotatable bonds is 3. The summed E-state index contributed by atoms with van der Waals surface area (Å²) in [4.78, 5) is 25.0. The van der Waals surface area contributed by atoms with Crippen molar-refractivity contribution < 1.29 is 14.7 Å². The van der Waals surface area contributed by atoms with Gasteiger partial charge in [-0.3, -0.25) is 9.59 Å². The van der Waals surface area contributed by atoms with Gasteiger partial charge in [-0.2, -0.15) is 5.26 Å². The zero-order chi connectivity index (χ0) is 15.1. The van der Waals surface area contributed by atoms with E-state index in [-0.39, 0.29) is 5.91 Å². The first-order valence-electron chi connectivity index (χ1n) is 6.31. The summed E-state index contributed by atoms with van der Waals surface area (Å²) in [6.07, 6.45) is 0. The Labute approximate surface area is 117 Å². The van der Waals surface area contributed by atoms with E-state index in [9.17, 15) is 9.59 Å². The number of aliphatic carboxylic acids is 1. The molecular formula is C15H16N2O3. The molecule has 1 aliphatic rings. The maximum absolute atomic E-state index is 12.4. The molecule has 5 nitrogen and oxygen atoms in total. The molecule has 1 saturated carbocycles. The lowest BCUT2D eigenvalue weighted by molar-refractivity contribution is -0.140. The van der Waals surface area contributed by atoms with Crippen molar-refractivity contribution >= 4 is 17.6 Å². The van der Waals surface area contributed by atoms with E-state index in [1.54, 1.807) is 45.2 Å². The second kappa shape index (κ2) is 4.64. The average Bonchev–Trinajstić information content (AvgIpc) is 3.00. The molecule has 0 unspecified atom stereocenters. The van der Waals surface area contributed by atoms with E-state index >= 15 is 0 Å². The van der Waals surface area contributed by atoms with Gasteiger partial charge in [0.15, 0.2) is 0 Å². The smallest absolute Gasteiger partial charge is 0.307 e. The summed E-state index contributed by atoms with van der Waals surface area (Å²) in [6.45, 7) is 3.57. The van der Waals surface area contributed by atoms with E-state index in [0.717, 1.165) is 0 Å². The Balaban J connectivity index is 2.22. The predicted molar refractivity (Wildman–Crippen MR) is 73.0 cm³/mol. The lowest BCUT2D eigenvalue weighted by Crippen LogP contribution is -2.29. The van der Waals surface area contributed by atoms with Crippen molar-refractivity contribution in [1.82, 2.24) is 0 Å². The Kier molecular flexibility index (Phi) is 3.26. The number of hydrogen-bond donors (Lipinski definition) is 1. The van der Waals surface area contributed by atoms with Gasteiger partial charge >= 0.3 is 5.97 Å². The number of anilines is 1. The van der Waals surface area contributed by atoms with Crippen LogP contribution in [0.15, 0.2) is 24.3 Å². The monoisotopic (exact) mass is 272 g/mol. The van der Waals surface area contributed by atoms with E-state index in [1.165, 1.54) is 4.90 Å². The number of nitriles is 1. The zero-order valence-electron chi connectivity index (χ0n) is 11.6. The van der Waals surface area contributed by atoms with E-state index in [1.807, 2.05) is 6.07 Å². The Morgan fingerprint density at radius 3 is 2.50 bits per heavy atom. The quantitative estimate of drug-likeness (QED) is 0.910. The molecule has 104 valence electrons. The maximum Gasteiger partial charge on any atom is 0.307 e. The van der Waals surface area contributed by atoms with Gasteiger partial charge in [0, 0.05) is 12.7 Å². The van der Waals surface area contributed by atoms with Crippen LogP contribution >= 0.6 is 0 Å². The maximum atomic E-state index is 12.4. The van der Waals surface area contributed by atoms with E-state index in [0.29, 0.717) is 11.3 Å². The Bertz CT molecular complexity index is 616. The number of carbonyl (C=O) groups is 2. The molecule has 1 N–H and O–H groups in total. The standard InChI is InChI=1S/C15H16N2O3/c1-15(2)11(12(15)14(19)20)13(18)17(3)10-6-4-5-9(7-10)8-16/h4-7,11-12H,1-3H3,(H,19,20)/t11-,12+/m1/s1. The van der Waals surface area contributed by atoms with Gasteiger partial charge in [0.2, 0.25) is 5.91 Å². The molecule has 1 aromatic carbocycles. The lowest BCUT2D eigenvalue weighted by Gasteiger charge is -2.18. The van der Waals surface area contributed by atoms with Gasteiger partial charge in [0.25, 0.3) is 0 Å². The Hall–Kier alpha value is -2.35. The molecule has 1 aliphatic carbocycles. The first-order chi connectivity index (χ1) is 9.30. The first kappa shape index (κ1) is 14.1. The molecule has 0 heterocycles. The van der Waals surface area contributed by atoms with Crippen molar-refractivity contribution in [3.8, 4) is 6.07 Å². The van der Waals surface area contributed by atoms with E-state index in [2.05, 4.69) is 0 Å². The average molecular weight is 272 g/mol. The zero-order valence-corrected chi connectivity index (χ0v) is 11.6. The third-order valence-corrected chi connectivity index (χ3v) is 4.05. The van der Waals surface area contributed by atoms with Crippen LogP contribution in [0.25, 0.3) is 0 Å². The van der Waals surface area contributed by atoms with Crippen molar-refractivity contribution in [3.63, 3.8) is 0 Å². The van der Waals surface area contributed by atoms with Crippen LogP contribution < -0.4 is 4.90 Å². The van der Waals surface area contributed by atoms with Gasteiger partial charge in [0.1, 0.15) is 0 Å². The Morgan fingerprint density at radius 1 is 1.35 bits per heavy atom. The van der Waals surface area contributed by atoms with Crippen LogP contribution in [0.4, 0.5) is 5.69 Å². The van der Waals surface area contributed by atoms with Crippen molar-refractivity contribution in [3.05, 3.63) is 29.8 Å². The molecule has 2 rings (SSSR count). The fourth-order valence-electron chi connectivity index (χ4n) is 2.68. The van der Waals surface area contributed by atoms with Crippen LogP contribution in [-0.2, 0) is 9.59 Å². The molecule has 0 aromatic heterocycles.